The summed E-state index contributed by atoms with van der Waals surface area (Å²) in [6.45, 7) is 0. The second-order valence-electron chi connectivity index (χ2n) is 2.06. The van der Waals surface area contributed by atoms with Gasteiger partial charge in [0.15, 0.2) is 6.04 Å². The third kappa shape index (κ3) is 0.385. The molecule has 2 aliphatic rings. The van der Waals surface area contributed by atoms with E-state index in [1.54, 1.807) is 0 Å². The Morgan fingerprint density at radius 3 is 2.70 bits per heavy atom. The Morgan fingerprint density at radius 2 is 2.50 bits per heavy atom. The molecule has 10 heavy (non-hydrogen) atoms. The average Bonchev–Trinajstić information content (AvgIpc) is 2.18. The number of aromatic nitrogens is 1. The fourth-order valence-corrected chi connectivity index (χ4v) is 0.971. The van der Waals surface area contributed by atoms with Crippen LogP contribution in [0.5, 0.6) is 0 Å². The number of aliphatic carboxylic acids is 1. The zero-order chi connectivity index (χ0) is 7.30. The van der Waals surface area contributed by atoms with Gasteiger partial charge in [0.25, 0.3) is 0 Å². The van der Waals surface area contributed by atoms with Crippen molar-refractivity contribution in [3.63, 3.8) is 0 Å². The molecule has 0 saturated carbocycles. The first-order valence-electron chi connectivity index (χ1n) is 2.65. The summed E-state index contributed by atoms with van der Waals surface area (Å²) in [7, 11) is 0. The lowest BCUT2D eigenvalue weighted by atomic mass is 10.1. The highest BCUT2D eigenvalue weighted by molar-refractivity contribution is 5.77. The molecule has 1 aromatic rings. The molecule has 0 amide bonds. The standard InChI is InChI=1S/C5H3NO4/c7-4(8)3-2-1-6(3)10-5(2)9/h1,3H,(H,7,8). The number of carbonyl (C=O) groups is 1. The lowest BCUT2D eigenvalue weighted by Crippen LogP contribution is -2.24. The first-order chi connectivity index (χ1) is 4.70. The molecule has 0 fully saturated rings. The van der Waals surface area contributed by atoms with E-state index in [-0.39, 0.29) is 5.56 Å². The van der Waals surface area contributed by atoms with Crippen molar-refractivity contribution in [3.8, 4) is 0 Å². The molecule has 52 valence electrons. The predicted molar refractivity (Wildman–Crippen MR) is 28.7 cm³/mol. The van der Waals surface area contributed by atoms with Gasteiger partial charge < -0.3 is 9.63 Å². The monoisotopic (exact) mass is 141 g/mol. The number of rotatable bonds is 1. The maximum Gasteiger partial charge on any atom is 0.363 e. The molecule has 5 heteroatoms. The van der Waals surface area contributed by atoms with Crippen molar-refractivity contribution in [2.75, 3.05) is 0 Å². The van der Waals surface area contributed by atoms with E-state index >= 15 is 0 Å². The molecule has 0 radical (unpaired) electrons. The summed E-state index contributed by atoms with van der Waals surface area (Å²) >= 11 is 0. The van der Waals surface area contributed by atoms with Crippen LogP contribution in [0, 0.1) is 0 Å². The summed E-state index contributed by atoms with van der Waals surface area (Å²) in [6, 6.07) is -0.854. The van der Waals surface area contributed by atoms with E-state index in [9.17, 15) is 9.59 Å². The fraction of sp³-hybridized carbons (Fsp3) is 0.200. The van der Waals surface area contributed by atoms with Gasteiger partial charge in [0.2, 0.25) is 0 Å². The number of hydrogen-bond donors (Lipinski definition) is 1. The van der Waals surface area contributed by atoms with E-state index in [0.717, 1.165) is 4.74 Å². The maximum atomic E-state index is 10.5. The molecule has 3 heterocycles. The molecule has 5 nitrogen and oxygen atoms in total. The number of carboxylic acids is 1. The minimum absolute atomic E-state index is 0.229. The minimum Gasteiger partial charge on any atom is -0.479 e. The molecule has 1 unspecified atom stereocenters. The molecule has 0 aromatic carbocycles. The van der Waals surface area contributed by atoms with E-state index < -0.39 is 17.6 Å². The number of nitrogens with zero attached hydrogens (tertiary/aromatic N) is 1. The normalized spacial score (nSPS) is 20.2. The molecule has 0 spiro atoms. The summed E-state index contributed by atoms with van der Waals surface area (Å²) in [5, 5.41) is 8.42. The van der Waals surface area contributed by atoms with Gasteiger partial charge >= 0.3 is 11.6 Å². The largest absolute Gasteiger partial charge is 0.479 e. The van der Waals surface area contributed by atoms with Crippen molar-refractivity contribution in [1.82, 2.24) is 4.74 Å². The third-order valence-corrected chi connectivity index (χ3v) is 1.47. The Morgan fingerprint density at radius 1 is 1.80 bits per heavy atom. The zero-order valence-electron chi connectivity index (χ0n) is 4.77. The van der Waals surface area contributed by atoms with E-state index in [0.29, 0.717) is 0 Å². The van der Waals surface area contributed by atoms with Gasteiger partial charge in [0, 0.05) is 0 Å². The van der Waals surface area contributed by atoms with E-state index in [4.69, 9.17) is 5.11 Å². The Balaban J connectivity index is 2.53. The van der Waals surface area contributed by atoms with Crippen LogP contribution in [-0.2, 0) is 4.79 Å². The van der Waals surface area contributed by atoms with Gasteiger partial charge in [-0.3, -0.25) is 0 Å². The van der Waals surface area contributed by atoms with Crippen LogP contribution in [0.4, 0.5) is 0 Å². The van der Waals surface area contributed by atoms with Crippen LogP contribution in [-0.4, -0.2) is 15.8 Å². The van der Waals surface area contributed by atoms with E-state index in [1.165, 1.54) is 6.20 Å². The van der Waals surface area contributed by atoms with Crippen LogP contribution in [0.2, 0.25) is 0 Å². The second-order valence-corrected chi connectivity index (χ2v) is 2.06. The quantitative estimate of drug-likeness (QED) is 0.568. The van der Waals surface area contributed by atoms with Gasteiger partial charge in [0.1, 0.15) is 0 Å². The molecule has 1 atom stereocenters. The number of carboxylic acid groups (broad SMARTS) is 1. The van der Waals surface area contributed by atoms with Crippen LogP contribution in [0.3, 0.4) is 0 Å². The lowest BCUT2D eigenvalue weighted by molar-refractivity contribution is -0.141. The molecule has 1 aromatic heterocycles. The van der Waals surface area contributed by atoms with Gasteiger partial charge in [-0.2, -0.15) is 4.74 Å². The zero-order valence-corrected chi connectivity index (χ0v) is 4.77. The smallest absolute Gasteiger partial charge is 0.363 e. The summed E-state index contributed by atoms with van der Waals surface area (Å²) < 4.78 is 5.46. The van der Waals surface area contributed by atoms with Gasteiger partial charge in [0.05, 0.1) is 11.8 Å². The van der Waals surface area contributed by atoms with Crippen molar-refractivity contribution < 1.29 is 14.4 Å². The molecular formula is C5H3NO4. The van der Waals surface area contributed by atoms with Crippen molar-refractivity contribution in [2.45, 2.75) is 6.04 Å². The summed E-state index contributed by atoms with van der Waals surface area (Å²) in [5.74, 6) is -1.05. The summed E-state index contributed by atoms with van der Waals surface area (Å²) in [4.78, 5) is 20.8. The Hall–Kier alpha value is -1.52. The summed E-state index contributed by atoms with van der Waals surface area (Å²) in [6.07, 6.45) is 1.38. The molecular weight excluding hydrogens is 138 g/mol. The molecule has 2 aliphatic heterocycles. The van der Waals surface area contributed by atoms with E-state index in [2.05, 4.69) is 4.52 Å². The highest BCUT2D eigenvalue weighted by Crippen LogP contribution is 2.24. The Labute approximate surface area is 54.4 Å². The first-order valence-corrected chi connectivity index (χ1v) is 2.65. The topological polar surface area (TPSA) is 72.4 Å². The van der Waals surface area contributed by atoms with Gasteiger partial charge in [-0.1, -0.05) is 0 Å². The highest BCUT2D eigenvalue weighted by atomic mass is 16.5. The molecule has 1 N–H and O–H groups in total. The van der Waals surface area contributed by atoms with Crippen LogP contribution in [0.25, 0.3) is 0 Å². The fourth-order valence-electron chi connectivity index (χ4n) is 0.971. The first kappa shape index (κ1) is 5.28. The molecule has 0 saturated heterocycles. The SMILES string of the molecule is O=C(O)C1c2cn1oc2=O. The molecule has 2 bridgehead atoms. The maximum absolute atomic E-state index is 10.5. The van der Waals surface area contributed by atoms with Crippen LogP contribution < -0.4 is 5.63 Å². The van der Waals surface area contributed by atoms with Crippen molar-refractivity contribution in [1.29, 1.82) is 0 Å². The minimum atomic E-state index is -1.05. The Bertz CT molecular complexity index is 347. The second kappa shape index (κ2) is 1.31. The van der Waals surface area contributed by atoms with Gasteiger partial charge in [-0.05, 0) is 0 Å². The number of fused-ring (bicyclic) bond motifs is 1. The molecule has 3 rings (SSSR count). The van der Waals surface area contributed by atoms with Crippen LogP contribution in [0.15, 0.2) is 15.5 Å². The van der Waals surface area contributed by atoms with E-state index in [1.807, 2.05) is 0 Å². The summed E-state index contributed by atoms with van der Waals surface area (Å²) in [5.41, 5.74) is -0.320. The van der Waals surface area contributed by atoms with Crippen molar-refractivity contribution in [3.05, 3.63) is 22.2 Å². The van der Waals surface area contributed by atoms with Crippen LogP contribution in [0.1, 0.15) is 11.6 Å². The number of hydrogen-bond acceptors (Lipinski definition) is 3. The lowest BCUT2D eigenvalue weighted by Gasteiger charge is -2.12. The Kier molecular flexibility index (Phi) is 0.692. The third-order valence-electron chi connectivity index (χ3n) is 1.47. The van der Waals surface area contributed by atoms with Crippen molar-refractivity contribution in [2.24, 2.45) is 0 Å². The highest BCUT2D eigenvalue weighted by Gasteiger charge is 2.37. The van der Waals surface area contributed by atoms with Crippen molar-refractivity contribution >= 4 is 5.97 Å². The van der Waals surface area contributed by atoms with Gasteiger partial charge in [-0.25, -0.2) is 9.59 Å². The van der Waals surface area contributed by atoms with Crippen LogP contribution >= 0.6 is 0 Å². The van der Waals surface area contributed by atoms with Gasteiger partial charge in [-0.15, -0.1) is 0 Å². The molecule has 0 aliphatic carbocycles. The predicted octanol–water partition coefficient (Wildman–Crippen LogP) is -0.571. The average molecular weight is 141 g/mol.